The molecule has 0 aliphatic heterocycles. The van der Waals surface area contributed by atoms with Gasteiger partial charge in [-0.25, -0.2) is 0 Å². The van der Waals surface area contributed by atoms with Crippen LogP contribution in [0.2, 0.25) is 0 Å². The zero-order valence-electron chi connectivity index (χ0n) is 11.9. The van der Waals surface area contributed by atoms with Crippen molar-refractivity contribution in [3.63, 3.8) is 0 Å². The van der Waals surface area contributed by atoms with Crippen molar-refractivity contribution in [3.05, 3.63) is 24.3 Å². The van der Waals surface area contributed by atoms with Gasteiger partial charge in [0.05, 0.1) is 6.10 Å². The van der Waals surface area contributed by atoms with E-state index in [1.54, 1.807) is 24.3 Å². The summed E-state index contributed by atoms with van der Waals surface area (Å²) in [5.41, 5.74) is 0. The minimum absolute atomic E-state index is 0.209. The van der Waals surface area contributed by atoms with E-state index in [1.807, 2.05) is 6.92 Å². The van der Waals surface area contributed by atoms with Gasteiger partial charge in [0.25, 0.3) is 0 Å². The molecule has 0 saturated heterocycles. The largest absolute Gasteiger partial charge is 0.388 e. The number of carbonyl (C=O) groups is 1. The van der Waals surface area contributed by atoms with Crippen LogP contribution < -0.4 is 0 Å². The number of aliphatic hydroxyl groups is 2. The molecule has 0 fully saturated rings. The molecule has 0 bridgehead atoms. The van der Waals surface area contributed by atoms with E-state index in [9.17, 15) is 15.0 Å². The fourth-order valence-electron chi connectivity index (χ4n) is 1.37. The number of carbonyl (C=O) groups excluding carboxylic acids is 1. The van der Waals surface area contributed by atoms with Crippen molar-refractivity contribution in [1.29, 1.82) is 0 Å². The molecule has 0 heterocycles. The number of Topliss-reactive ketones (excluding diaryl/α,β-unsaturated/α-hetero) is 1. The third-order valence-electron chi connectivity index (χ3n) is 2.53. The second-order valence-electron chi connectivity index (χ2n) is 4.31. The van der Waals surface area contributed by atoms with Crippen molar-refractivity contribution >= 4 is 5.78 Å². The number of terminal acetylenes is 1. The van der Waals surface area contributed by atoms with Gasteiger partial charge in [0, 0.05) is 19.3 Å². The van der Waals surface area contributed by atoms with Crippen LogP contribution in [0.15, 0.2) is 24.3 Å². The predicted molar refractivity (Wildman–Crippen MR) is 80.7 cm³/mol. The highest BCUT2D eigenvalue weighted by atomic mass is 16.3. The zero-order valence-corrected chi connectivity index (χ0v) is 11.9. The molecular weight excluding hydrogens is 252 g/mol. The van der Waals surface area contributed by atoms with Crippen molar-refractivity contribution in [2.45, 2.75) is 51.2 Å². The van der Waals surface area contributed by atoms with E-state index in [0.717, 1.165) is 0 Å². The SMILES string of the molecule is C#CCC(O)C=CC=CC#CC(O)CCCC(=O)CC. The van der Waals surface area contributed by atoms with E-state index in [4.69, 9.17) is 6.42 Å². The number of rotatable bonds is 8. The van der Waals surface area contributed by atoms with Gasteiger partial charge in [-0.2, -0.15) is 0 Å². The van der Waals surface area contributed by atoms with Crippen molar-refractivity contribution in [3.8, 4) is 24.2 Å². The van der Waals surface area contributed by atoms with Crippen LogP contribution in [-0.2, 0) is 4.79 Å². The molecule has 2 unspecified atom stereocenters. The fraction of sp³-hybridized carbons (Fsp3) is 0.471. The lowest BCUT2D eigenvalue weighted by molar-refractivity contribution is -0.118. The number of hydrogen-bond donors (Lipinski definition) is 2. The van der Waals surface area contributed by atoms with Crippen molar-refractivity contribution in [2.75, 3.05) is 0 Å². The molecule has 108 valence electrons. The average Bonchev–Trinajstić information content (AvgIpc) is 2.42. The normalized spacial score (nSPS) is 13.7. The molecule has 0 spiro atoms. The molecule has 0 aromatic carbocycles. The quantitative estimate of drug-likeness (QED) is 0.526. The molecule has 2 N–H and O–H groups in total. The van der Waals surface area contributed by atoms with Gasteiger partial charge in [-0.15, -0.1) is 12.3 Å². The summed E-state index contributed by atoms with van der Waals surface area (Å²) in [5.74, 6) is 7.94. The third-order valence-corrected chi connectivity index (χ3v) is 2.53. The highest BCUT2D eigenvalue weighted by Gasteiger charge is 2.01. The minimum Gasteiger partial charge on any atom is -0.388 e. The Morgan fingerprint density at radius 2 is 2.10 bits per heavy atom. The Balaban J connectivity index is 3.90. The van der Waals surface area contributed by atoms with Crippen LogP contribution >= 0.6 is 0 Å². The number of ketones is 1. The van der Waals surface area contributed by atoms with Gasteiger partial charge in [0.2, 0.25) is 0 Å². The van der Waals surface area contributed by atoms with Gasteiger partial charge in [-0.3, -0.25) is 4.79 Å². The van der Waals surface area contributed by atoms with Gasteiger partial charge in [-0.1, -0.05) is 37.0 Å². The minimum atomic E-state index is -0.708. The standard InChI is InChI=1S/C17H22O3/c1-3-10-16(19)11-7-5-6-8-12-17(20)14-9-13-15(18)4-2/h1,5-7,11,16-17,19-20H,4,9-10,13-14H2,2H3. The molecule has 0 amide bonds. The lowest BCUT2D eigenvalue weighted by Crippen LogP contribution is -2.04. The van der Waals surface area contributed by atoms with E-state index in [-0.39, 0.29) is 12.2 Å². The molecule has 20 heavy (non-hydrogen) atoms. The molecule has 0 radical (unpaired) electrons. The highest BCUT2D eigenvalue weighted by Crippen LogP contribution is 2.02. The molecule has 0 rings (SSSR count). The molecular formula is C17H22O3. The fourth-order valence-corrected chi connectivity index (χ4v) is 1.37. The van der Waals surface area contributed by atoms with E-state index >= 15 is 0 Å². The van der Waals surface area contributed by atoms with E-state index in [0.29, 0.717) is 25.7 Å². The lowest BCUT2D eigenvalue weighted by Gasteiger charge is -2.01. The molecule has 0 aliphatic carbocycles. The average molecular weight is 274 g/mol. The molecule has 0 aromatic heterocycles. The van der Waals surface area contributed by atoms with Crippen LogP contribution in [0.3, 0.4) is 0 Å². The summed E-state index contributed by atoms with van der Waals surface area (Å²) in [6, 6.07) is 0. The summed E-state index contributed by atoms with van der Waals surface area (Å²) >= 11 is 0. The smallest absolute Gasteiger partial charge is 0.132 e. The van der Waals surface area contributed by atoms with Crippen LogP contribution in [0.4, 0.5) is 0 Å². The summed E-state index contributed by atoms with van der Waals surface area (Å²) in [7, 11) is 0. The Morgan fingerprint density at radius 1 is 1.35 bits per heavy atom. The Kier molecular flexibility index (Phi) is 11.1. The molecule has 2 atom stereocenters. The zero-order chi connectivity index (χ0) is 15.2. The number of allylic oxidation sites excluding steroid dienone is 3. The van der Waals surface area contributed by atoms with Crippen LogP contribution in [-0.4, -0.2) is 28.2 Å². The summed E-state index contributed by atoms with van der Waals surface area (Å²) < 4.78 is 0. The maximum atomic E-state index is 11.1. The van der Waals surface area contributed by atoms with Crippen molar-refractivity contribution in [2.24, 2.45) is 0 Å². The first-order valence-electron chi connectivity index (χ1n) is 6.75. The van der Waals surface area contributed by atoms with Gasteiger partial charge < -0.3 is 10.2 Å². The van der Waals surface area contributed by atoms with Gasteiger partial charge in [0.15, 0.2) is 0 Å². The van der Waals surface area contributed by atoms with Crippen LogP contribution in [0.25, 0.3) is 0 Å². The van der Waals surface area contributed by atoms with Crippen LogP contribution in [0.5, 0.6) is 0 Å². The van der Waals surface area contributed by atoms with E-state index in [2.05, 4.69) is 17.8 Å². The molecule has 0 aliphatic rings. The topological polar surface area (TPSA) is 57.5 Å². The second kappa shape index (κ2) is 12.2. The molecule has 3 nitrogen and oxygen atoms in total. The van der Waals surface area contributed by atoms with E-state index in [1.165, 1.54) is 0 Å². The summed E-state index contributed by atoms with van der Waals surface area (Å²) in [5, 5.41) is 18.8. The van der Waals surface area contributed by atoms with Gasteiger partial charge in [-0.05, 0) is 18.9 Å². The predicted octanol–water partition coefficient (Wildman–Crippen LogP) is 2.00. The number of aliphatic hydroxyl groups excluding tert-OH is 2. The first-order valence-corrected chi connectivity index (χ1v) is 6.75. The highest BCUT2D eigenvalue weighted by molar-refractivity contribution is 5.77. The monoisotopic (exact) mass is 274 g/mol. The van der Waals surface area contributed by atoms with Crippen molar-refractivity contribution in [1.82, 2.24) is 0 Å². The Bertz CT molecular complexity index is 429. The summed E-state index contributed by atoms with van der Waals surface area (Å²) in [6.07, 6.45) is 12.7. The van der Waals surface area contributed by atoms with Gasteiger partial charge in [0.1, 0.15) is 11.9 Å². The van der Waals surface area contributed by atoms with E-state index < -0.39 is 12.2 Å². The first-order chi connectivity index (χ1) is 9.60. The second-order valence-corrected chi connectivity index (χ2v) is 4.31. The Morgan fingerprint density at radius 3 is 2.75 bits per heavy atom. The van der Waals surface area contributed by atoms with Crippen molar-refractivity contribution < 1.29 is 15.0 Å². The Labute approximate surface area is 121 Å². The van der Waals surface area contributed by atoms with Gasteiger partial charge >= 0.3 is 0 Å². The maximum absolute atomic E-state index is 11.1. The summed E-state index contributed by atoms with van der Waals surface area (Å²) in [4.78, 5) is 11.1. The molecule has 0 saturated carbocycles. The number of hydrogen-bond acceptors (Lipinski definition) is 3. The third kappa shape index (κ3) is 11.3. The molecule has 3 heteroatoms. The Hall–Kier alpha value is -1.81. The molecule has 0 aromatic rings. The van der Waals surface area contributed by atoms with Crippen LogP contribution in [0.1, 0.15) is 39.0 Å². The first kappa shape index (κ1) is 18.2. The maximum Gasteiger partial charge on any atom is 0.132 e. The summed E-state index contributed by atoms with van der Waals surface area (Å²) in [6.45, 7) is 1.83. The van der Waals surface area contributed by atoms with Crippen LogP contribution in [0, 0.1) is 24.2 Å². The lowest BCUT2D eigenvalue weighted by atomic mass is 10.1.